The van der Waals surface area contributed by atoms with Crippen molar-refractivity contribution in [3.05, 3.63) is 87.7 Å². The van der Waals surface area contributed by atoms with Gasteiger partial charge in [0, 0.05) is 18.8 Å². The number of rotatable bonds is 3. The van der Waals surface area contributed by atoms with Crippen molar-refractivity contribution in [2.24, 2.45) is 0 Å². The molecule has 0 aliphatic carbocycles. The van der Waals surface area contributed by atoms with Gasteiger partial charge in [0.15, 0.2) is 23.1 Å². The minimum Gasteiger partial charge on any atom is -0.502 e. The molecule has 2 aliphatic heterocycles. The first-order valence-corrected chi connectivity index (χ1v) is 9.57. The van der Waals surface area contributed by atoms with Gasteiger partial charge in [-0.25, -0.2) is 8.78 Å². The van der Waals surface area contributed by atoms with Crippen LogP contribution in [0.1, 0.15) is 27.9 Å². The molecule has 5 rings (SSSR count). The summed E-state index contributed by atoms with van der Waals surface area (Å²) in [6.45, 7) is 0.634. The molecule has 1 fully saturated rings. The van der Waals surface area contributed by atoms with E-state index in [1.165, 1.54) is 28.1 Å². The normalized spacial score (nSPS) is 19.2. The number of morpholine rings is 1. The van der Waals surface area contributed by atoms with Crippen LogP contribution in [-0.4, -0.2) is 46.5 Å². The van der Waals surface area contributed by atoms with E-state index in [1.54, 1.807) is 17.1 Å². The fourth-order valence-corrected chi connectivity index (χ4v) is 4.11. The number of aromatic hydroxyl groups is 1. The van der Waals surface area contributed by atoms with E-state index in [0.29, 0.717) is 11.3 Å². The molecular weight excluding hydrogens is 412 g/mol. The van der Waals surface area contributed by atoms with Crippen LogP contribution in [0.15, 0.2) is 58.1 Å². The summed E-state index contributed by atoms with van der Waals surface area (Å²) >= 11 is 0. The first-order valence-electron chi connectivity index (χ1n) is 9.57. The topological polar surface area (TPSA) is 88.2 Å². The van der Waals surface area contributed by atoms with Crippen LogP contribution < -0.4 is 10.4 Å². The van der Waals surface area contributed by atoms with E-state index < -0.39 is 40.9 Å². The number of ether oxygens (including phenoxy) is 1. The molecule has 160 valence electrons. The van der Waals surface area contributed by atoms with E-state index in [9.17, 15) is 23.5 Å². The number of fused-ring (bicyclic) bond motifs is 2. The molecule has 3 aromatic rings. The molecule has 1 N–H and O–H groups in total. The Hall–Kier alpha value is -3.66. The summed E-state index contributed by atoms with van der Waals surface area (Å²) < 4.78 is 40.4. The summed E-state index contributed by atoms with van der Waals surface area (Å²) in [7, 11) is 0. The lowest BCUT2D eigenvalue weighted by atomic mass is 10.0. The van der Waals surface area contributed by atoms with Crippen LogP contribution >= 0.6 is 0 Å². The summed E-state index contributed by atoms with van der Waals surface area (Å²) in [6, 6.07) is 7.09. The van der Waals surface area contributed by atoms with Crippen LogP contribution in [0.2, 0.25) is 0 Å². The van der Waals surface area contributed by atoms with Crippen LogP contribution in [-0.2, 0) is 4.74 Å². The molecule has 1 saturated heterocycles. The number of aromatic nitrogens is 1. The molecule has 0 saturated carbocycles. The highest BCUT2D eigenvalue weighted by molar-refractivity contribution is 5.96. The monoisotopic (exact) mass is 429 g/mol. The Balaban J connectivity index is 1.77. The molecule has 0 bridgehead atoms. The van der Waals surface area contributed by atoms with Gasteiger partial charge in [0.25, 0.3) is 5.91 Å². The molecule has 2 aromatic heterocycles. The number of furan rings is 1. The van der Waals surface area contributed by atoms with Gasteiger partial charge >= 0.3 is 0 Å². The predicted molar refractivity (Wildman–Crippen MR) is 103 cm³/mol. The third-order valence-electron chi connectivity index (χ3n) is 5.51. The number of nitrogens with zero attached hydrogens (tertiary/aromatic N) is 3. The number of amides is 1. The van der Waals surface area contributed by atoms with Crippen LogP contribution in [0.3, 0.4) is 0 Å². The number of carbonyl (C=O) groups excluding carboxylic acids is 1. The second-order valence-corrected chi connectivity index (χ2v) is 7.25. The Morgan fingerprint density at radius 2 is 1.97 bits per heavy atom. The van der Waals surface area contributed by atoms with Crippen molar-refractivity contribution in [1.82, 2.24) is 9.58 Å². The highest BCUT2D eigenvalue weighted by atomic mass is 19.2. The van der Waals surface area contributed by atoms with Gasteiger partial charge in [-0.05, 0) is 29.8 Å². The van der Waals surface area contributed by atoms with Crippen molar-refractivity contribution >= 4 is 5.91 Å². The van der Waals surface area contributed by atoms with Gasteiger partial charge in [-0.15, -0.1) is 0 Å². The maximum Gasteiger partial charge on any atom is 0.278 e. The number of carbonyl (C=O) groups is 1. The van der Waals surface area contributed by atoms with E-state index in [0.717, 1.165) is 18.2 Å². The van der Waals surface area contributed by atoms with Crippen LogP contribution in [0, 0.1) is 11.6 Å². The first kappa shape index (κ1) is 19.3. The molecule has 0 spiro atoms. The zero-order chi connectivity index (χ0) is 21.7. The molecular formula is C21H17F2N3O5. The van der Waals surface area contributed by atoms with Gasteiger partial charge in [0.2, 0.25) is 5.43 Å². The molecule has 2 atom stereocenters. The smallest absolute Gasteiger partial charge is 0.278 e. The summed E-state index contributed by atoms with van der Waals surface area (Å²) in [6.07, 6.45) is 2.15. The highest BCUT2D eigenvalue weighted by Crippen LogP contribution is 2.36. The molecule has 10 heteroatoms. The number of benzene rings is 1. The molecule has 4 heterocycles. The number of pyridine rings is 1. The lowest BCUT2D eigenvalue weighted by Crippen LogP contribution is -2.66. The van der Waals surface area contributed by atoms with Crippen LogP contribution in [0.5, 0.6) is 5.75 Å². The lowest BCUT2D eigenvalue weighted by molar-refractivity contribution is -0.0203. The Morgan fingerprint density at radius 1 is 1.13 bits per heavy atom. The average Bonchev–Trinajstić information content (AvgIpc) is 3.30. The summed E-state index contributed by atoms with van der Waals surface area (Å²) in [5, 5.41) is 12.1. The van der Waals surface area contributed by atoms with Crippen molar-refractivity contribution in [1.29, 1.82) is 0 Å². The SMILES string of the molecule is O=C1c2c(O)c(=O)ccn2N([C@@H](c2ccc(F)c(F)c2)c2ccco2)[C@@H]2COCCN12. The molecule has 0 radical (unpaired) electrons. The second kappa shape index (κ2) is 7.24. The summed E-state index contributed by atoms with van der Waals surface area (Å²) in [4.78, 5) is 26.7. The molecule has 1 amide bonds. The first-order chi connectivity index (χ1) is 15.0. The number of hydrogen-bond acceptors (Lipinski definition) is 6. The van der Waals surface area contributed by atoms with Crippen molar-refractivity contribution in [3.8, 4) is 5.75 Å². The number of halogens is 2. The van der Waals surface area contributed by atoms with Crippen molar-refractivity contribution < 1.29 is 27.8 Å². The highest BCUT2D eigenvalue weighted by Gasteiger charge is 2.45. The number of hydrogen-bond donors (Lipinski definition) is 1. The zero-order valence-electron chi connectivity index (χ0n) is 16.1. The third-order valence-corrected chi connectivity index (χ3v) is 5.51. The maximum atomic E-state index is 14.2. The molecule has 1 aromatic carbocycles. The lowest BCUT2D eigenvalue weighted by Gasteiger charge is -2.50. The van der Waals surface area contributed by atoms with Gasteiger partial charge in [0.1, 0.15) is 18.0 Å². The van der Waals surface area contributed by atoms with E-state index >= 15 is 0 Å². The van der Waals surface area contributed by atoms with Gasteiger partial charge in [-0.1, -0.05) is 6.07 Å². The zero-order valence-corrected chi connectivity index (χ0v) is 16.1. The fraction of sp³-hybridized carbons (Fsp3) is 0.238. The van der Waals surface area contributed by atoms with E-state index in [4.69, 9.17) is 9.15 Å². The van der Waals surface area contributed by atoms with Gasteiger partial charge in [0.05, 0.1) is 19.5 Å². The van der Waals surface area contributed by atoms with Crippen molar-refractivity contribution in [2.75, 3.05) is 24.8 Å². The van der Waals surface area contributed by atoms with Crippen LogP contribution in [0.4, 0.5) is 8.78 Å². The van der Waals surface area contributed by atoms with E-state index in [2.05, 4.69) is 0 Å². The Bertz CT molecular complexity index is 1210. The quantitative estimate of drug-likeness (QED) is 0.685. The second-order valence-electron chi connectivity index (χ2n) is 7.25. The minimum atomic E-state index is -1.04. The molecule has 0 unspecified atom stereocenters. The summed E-state index contributed by atoms with van der Waals surface area (Å²) in [5.74, 6) is -2.87. The van der Waals surface area contributed by atoms with Crippen molar-refractivity contribution in [2.45, 2.75) is 12.2 Å². The predicted octanol–water partition coefficient (Wildman–Crippen LogP) is 1.96. The minimum absolute atomic E-state index is 0.124. The molecule has 2 aliphatic rings. The summed E-state index contributed by atoms with van der Waals surface area (Å²) in [5.41, 5.74) is -0.573. The standard InChI is InChI=1S/C21H17F2N3O5/c22-13-4-3-12(10-14(13)23)18(16-2-1-8-31-16)26-17-11-30-9-7-24(17)21(29)19-20(28)15(27)5-6-25(19)26/h1-6,8,10,17-18,28H,7,9,11H2/t17-,18+/m1/s1. The van der Waals surface area contributed by atoms with Gasteiger partial charge in [-0.3, -0.25) is 19.3 Å². The molecule has 31 heavy (non-hydrogen) atoms. The van der Waals surface area contributed by atoms with E-state index in [-0.39, 0.29) is 25.5 Å². The largest absolute Gasteiger partial charge is 0.502 e. The van der Waals surface area contributed by atoms with Gasteiger partial charge in [-0.2, -0.15) is 0 Å². The third kappa shape index (κ3) is 2.98. The Kier molecular flexibility index (Phi) is 4.51. The van der Waals surface area contributed by atoms with Gasteiger partial charge < -0.3 is 19.2 Å². The maximum absolute atomic E-state index is 14.2. The Labute approximate surface area is 174 Å². The Morgan fingerprint density at radius 3 is 2.71 bits per heavy atom. The van der Waals surface area contributed by atoms with E-state index in [1.807, 2.05) is 0 Å². The van der Waals surface area contributed by atoms with Crippen molar-refractivity contribution in [3.63, 3.8) is 0 Å². The average molecular weight is 429 g/mol. The molecule has 8 nitrogen and oxygen atoms in total. The van der Waals surface area contributed by atoms with Crippen LogP contribution in [0.25, 0.3) is 0 Å². The fourth-order valence-electron chi connectivity index (χ4n) is 4.11.